The number of nitriles is 1. The van der Waals surface area contributed by atoms with Crippen molar-refractivity contribution in [3.63, 3.8) is 0 Å². The van der Waals surface area contributed by atoms with E-state index in [1.54, 1.807) is 7.11 Å². The number of nitrogens with zero attached hydrogens (tertiary/aromatic N) is 1. The minimum atomic E-state index is -0.863. The van der Waals surface area contributed by atoms with Gasteiger partial charge in [0.1, 0.15) is 0 Å². The monoisotopic (exact) mass is 231 g/mol. The van der Waals surface area contributed by atoms with Gasteiger partial charge < -0.3 is 9.05 Å². The minimum absolute atomic E-state index is 0.434. The maximum atomic E-state index is 8.45. The van der Waals surface area contributed by atoms with Crippen molar-refractivity contribution in [1.82, 2.24) is 0 Å². The zero-order chi connectivity index (χ0) is 11.8. The smallest absolute Gasteiger partial charge is 0.174 e. The van der Waals surface area contributed by atoms with Gasteiger partial charge in [-0.3, -0.25) is 0 Å². The van der Waals surface area contributed by atoms with Gasteiger partial charge in [-0.15, -0.1) is 0 Å². The van der Waals surface area contributed by atoms with Gasteiger partial charge in [-0.05, 0) is 11.8 Å². The molecule has 0 rings (SSSR count). The fourth-order valence-corrected chi connectivity index (χ4v) is 3.46. The van der Waals surface area contributed by atoms with Gasteiger partial charge in [0.05, 0.1) is 19.1 Å². The van der Waals surface area contributed by atoms with Crippen LogP contribution in [0.4, 0.5) is 0 Å². The highest BCUT2D eigenvalue weighted by atomic mass is 31.2. The van der Waals surface area contributed by atoms with E-state index in [1.807, 2.05) is 0 Å². The first-order chi connectivity index (χ1) is 7.04. The molecule has 88 valence electrons. The Labute approximate surface area is 94.7 Å². The second kappa shape index (κ2) is 8.05. The van der Waals surface area contributed by atoms with Crippen molar-refractivity contribution in [3.05, 3.63) is 0 Å². The topological polar surface area (TPSA) is 42.2 Å². The molecule has 0 aliphatic heterocycles. The maximum Gasteiger partial charge on any atom is 0.174 e. The van der Waals surface area contributed by atoms with E-state index in [9.17, 15) is 0 Å². The molecule has 0 bridgehead atoms. The first kappa shape index (κ1) is 14.8. The molecule has 0 spiro atoms. The van der Waals surface area contributed by atoms with Crippen molar-refractivity contribution in [2.24, 2.45) is 11.8 Å². The van der Waals surface area contributed by atoms with Crippen molar-refractivity contribution in [2.45, 2.75) is 39.8 Å². The third-order valence-corrected chi connectivity index (χ3v) is 4.70. The van der Waals surface area contributed by atoms with Crippen LogP contribution in [0.2, 0.25) is 0 Å². The number of hydrogen-bond donors (Lipinski definition) is 0. The molecule has 15 heavy (non-hydrogen) atoms. The molecule has 0 aliphatic carbocycles. The van der Waals surface area contributed by atoms with Gasteiger partial charge in [0.25, 0.3) is 0 Å². The van der Waals surface area contributed by atoms with Gasteiger partial charge in [0.2, 0.25) is 0 Å². The molecule has 3 nitrogen and oxygen atoms in total. The molecule has 1 unspecified atom stereocenters. The second-order valence-electron chi connectivity index (χ2n) is 4.19. The van der Waals surface area contributed by atoms with Crippen LogP contribution in [-0.2, 0) is 9.05 Å². The summed E-state index contributed by atoms with van der Waals surface area (Å²) in [6, 6.07) is 2.07. The van der Waals surface area contributed by atoms with Crippen molar-refractivity contribution < 1.29 is 9.05 Å². The minimum Gasteiger partial charge on any atom is -0.337 e. The summed E-state index contributed by atoms with van der Waals surface area (Å²) in [5.41, 5.74) is 0.434. The zero-order valence-corrected chi connectivity index (χ0v) is 11.3. The van der Waals surface area contributed by atoms with Gasteiger partial charge in [-0.2, -0.15) is 5.26 Å². The number of rotatable bonds is 7. The van der Waals surface area contributed by atoms with E-state index < -0.39 is 8.38 Å². The third kappa shape index (κ3) is 5.47. The van der Waals surface area contributed by atoms with Crippen LogP contribution in [-0.4, -0.2) is 19.4 Å². The van der Waals surface area contributed by atoms with Crippen LogP contribution in [0.5, 0.6) is 0 Å². The summed E-state index contributed by atoms with van der Waals surface area (Å²) in [6.07, 6.45) is 0.436. The lowest BCUT2D eigenvalue weighted by molar-refractivity contribution is 0.264. The van der Waals surface area contributed by atoms with Crippen LogP contribution < -0.4 is 0 Å². The molecule has 0 saturated carbocycles. The van der Waals surface area contributed by atoms with Crippen LogP contribution in [0, 0.1) is 23.2 Å². The Kier molecular flexibility index (Phi) is 7.96. The molecule has 0 saturated heterocycles. The van der Waals surface area contributed by atoms with Crippen LogP contribution >= 0.6 is 8.38 Å². The average Bonchev–Trinajstić information content (AvgIpc) is 2.15. The van der Waals surface area contributed by atoms with E-state index in [-0.39, 0.29) is 0 Å². The van der Waals surface area contributed by atoms with E-state index >= 15 is 0 Å². The molecule has 0 radical (unpaired) electrons. The predicted octanol–water partition coefficient (Wildman–Crippen LogP) is 3.56. The second-order valence-corrected chi connectivity index (χ2v) is 5.98. The van der Waals surface area contributed by atoms with Crippen molar-refractivity contribution in [2.75, 3.05) is 13.7 Å². The van der Waals surface area contributed by atoms with Crippen molar-refractivity contribution in [1.29, 1.82) is 5.26 Å². The summed E-state index contributed by atoms with van der Waals surface area (Å²) in [4.78, 5) is 0. The molecule has 0 heterocycles. The quantitative estimate of drug-likeness (QED) is 0.497. The Bertz CT molecular complexity index is 193. The van der Waals surface area contributed by atoms with Crippen LogP contribution in [0.3, 0.4) is 0 Å². The molecule has 1 atom stereocenters. The summed E-state index contributed by atoms with van der Waals surface area (Å²) in [7, 11) is 0.827. The van der Waals surface area contributed by atoms with Crippen LogP contribution in [0.1, 0.15) is 34.1 Å². The van der Waals surface area contributed by atoms with Gasteiger partial charge in [0, 0.05) is 12.8 Å². The first-order valence-corrected chi connectivity index (χ1v) is 6.62. The van der Waals surface area contributed by atoms with E-state index in [1.165, 1.54) is 0 Å². The standard InChI is InChI=1S/C11H22NO2P/c1-9(2)11(10(3)4)15(13-5)14-8-6-7-12/h9-11H,6,8H2,1-5H3. The Morgan fingerprint density at radius 2 is 1.73 bits per heavy atom. The Morgan fingerprint density at radius 1 is 1.20 bits per heavy atom. The fraction of sp³-hybridized carbons (Fsp3) is 0.909. The summed E-state index contributed by atoms with van der Waals surface area (Å²) in [5.74, 6) is 1.08. The van der Waals surface area contributed by atoms with E-state index in [0.29, 0.717) is 30.5 Å². The summed E-state index contributed by atoms with van der Waals surface area (Å²) in [5, 5.41) is 8.45. The van der Waals surface area contributed by atoms with Crippen LogP contribution in [0.15, 0.2) is 0 Å². The lowest BCUT2D eigenvalue weighted by Crippen LogP contribution is -2.22. The SMILES string of the molecule is COP(OCCC#N)C(C(C)C)C(C)C. The first-order valence-electron chi connectivity index (χ1n) is 5.37. The Morgan fingerprint density at radius 3 is 2.07 bits per heavy atom. The molecule has 0 fully saturated rings. The van der Waals surface area contributed by atoms with Gasteiger partial charge in [0.15, 0.2) is 8.38 Å². The maximum absolute atomic E-state index is 8.45. The highest BCUT2D eigenvalue weighted by Gasteiger charge is 2.29. The fourth-order valence-electron chi connectivity index (χ4n) is 1.70. The molecular weight excluding hydrogens is 209 g/mol. The van der Waals surface area contributed by atoms with E-state index in [0.717, 1.165) is 0 Å². The average molecular weight is 231 g/mol. The molecule has 0 aromatic carbocycles. The summed E-state index contributed by atoms with van der Waals surface area (Å²) >= 11 is 0. The highest BCUT2D eigenvalue weighted by Crippen LogP contribution is 2.49. The van der Waals surface area contributed by atoms with Crippen molar-refractivity contribution in [3.8, 4) is 6.07 Å². The predicted molar refractivity (Wildman–Crippen MR) is 63.6 cm³/mol. The number of hydrogen-bond acceptors (Lipinski definition) is 3. The summed E-state index contributed by atoms with van der Waals surface area (Å²) in [6.45, 7) is 9.23. The largest absolute Gasteiger partial charge is 0.337 e. The summed E-state index contributed by atoms with van der Waals surface area (Å²) < 4.78 is 11.1. The molecule has 0 N–H and O–H groups in total. The Balaban J connectivity index is 4.27. The van der Waals surface area contributed by atoms with E-state index in [2.05, 4.69) is 33.8 Å². The lowest BCUT2D eigenvalue weighted by atomic mass is 10.00. The van der Waals surface area contributed by atoms with E-state index in [4.69, 9.17) is 14.3 Å². The Hall–Kier alpha value is -0.160. The molecule has 0 amide bonds. The molecule has 0 aliphatic rings. The molecule has 0 aromatic rings. The van der Waals surface area contributed by atoms with Gasteiger partial charge >= 0.3 is 0 Å². The van der Waals surface area contributed by atoms with Crippen molar-refractivity contribution >= 4 is 8.38 Å². The normalized spacial score (nSPS) is 13.5. The third-order valence-electron chi connectivity index (χ3n) is 2.22. The van der Waals surface area contributed by atoms with Gasteiger partial charge in [-0.1, -0.05) is 27.7 Å². The highest BCUT2D eigenvalue weighted by molar-refractivity contribution is 7.48. The molecular formula is C11H22NO2P. The van der Waals surface area contributed by atoms with Gasteiger partial charge in [-0.25, -0.2) is 0 Å². The lowest BCUT2D eigenvalue weighted by Gasteiger charge is -2.30. The molecule has 4 heteroatoms. The zero-order valence-electron chi connectivity index (χ0n) is 10.4. The molecule has 0 aromatic heterocycles. The van der Waals surface area contributed by atoms with Crippen LogP contribution in [0.25, 0.3) is 0 Å².